The van der Waals surface area contributed by atoms with Crippen LogP contribution in [0.5, 0.6) is 11.6 Å². The first-order valence-electron chi connectivity index (χ1n) is 5.94. The molecule has 0 saturated heterocycles. The van der Waals surface area contributed by atoms with Crippen molar-refractivity contribution < 1.29 is 4.74 Å². The summed E-state index contributed by atoms with van der Waals surface area (Å²) in [5.41, 5.74) is 1.47. The van der Waals surface area contributed by atoms with Crippen molar-refractivity contribution >= 4 is 52.1 Å². The zero-order valence-corrected chi connectivity index (χ0v) is 13.5. The number of hydrogen-bond acceptors (Lipinski definition) is 2. The maximum absolute atomic E-state index is 6.11. The van der Waals surface area contributed by atoms with Gasteiger partial charge < -0.3 is 4.74 Å². The summed E-state index contributed by atoms with van der Waals surface area (Å²) in [6, 6.07) is 8.71. The molecule has 0 saturated carbocycles. The van der Waals surface area contributed by atoms with Gasteiger partial charge in [-0.3, -0.25) is 4.40 Å². The number of imidazole rings is 1. The quantitative estimate of drug-likeness (QED) is 0.433. The van der Waals surface area contributed by atoms with Crippen LogP contribution in [0.4, 0.5) is 0 Å². The minimum atomic E-state index is 0.249. The number of alkyl halides is 1. The van der Waals surface area contributed by atoms with Crippen molar-refractivity contribution in [3.8, 4) is 11.6 Å². The molecule has 0 atom stereocenters. The Hall–Kier alpha value is -1.13. The molecule has 0 fully saturated rings. The van der Waals surface area contributed by atoms with E-state index in [1.165, 1.54) is 6.07 Å². The first-order valence-corrected chi connectivity index (χ1v) is 7.61. The van der Waals surface area contributed by atoms with Crippen LogP contribution in [0.3, 0.4) is 0 Å². The summed E-state index contributed by atoms with van der Waals surface area (Å²) in [6.07, 6.45) is 1.86. The molecule has 2 aromatic heterocycles. The van der Waals surface area contributed by atoms with E-state index in [4.69, 9.17) is 51.1 Å². The number of hydrogen-bond donors (Lipinski definition) is 0. The zero-order chi connectivity index (χ0) is 15.0. The number of nitrogens with zero attached hydrogens (tertiary/aromatic N) is 2. The predicted molar refractivity (Wildman–Crippen MR) is 86.3 cm³/mol. The van der Waals surface area contributed by atoms with Crippen LogP contribution in [0.15, 0.2) is 36.5 Å². The number of fused-ring (bicyclic) bond motifs is 1. The van der Waals surface area contributed by atoms with Gasteiger partial charge in [-0.1, -0.05) is 40.9 Å². The van der Waals surface area contributed by atoms with Crippen molar-refractivity contribution in [3.05, 3.63) is 57.3 Å². The van der Waals surface area contributed by atoms with Crippen LogP contribution < -0.4 is 4.74 Å². The second-order valence-electron chi connectivity index (χ2n) is 4.22. The summed E-state index contributed by atoms with van der Waals surface area (Å²) in [6.45, 7) is 0. The van der Waals surface area contributed by atoms with Gasteiger partial charge in [0.25, 0.3) is 0 Å². The van der Waals surface area contributed by atoms with Crippen LogP contribution in [0.1, 0.15) is 5.69 Å². The van der Waals surface area contributed by atoms with E-state index in [-0.39, 0.29) is 5.88 Å². The molecule has 3 nitrogen and oxygen atoms in total. The zero-order valence-electron chi connectivity index (χ0n) is 10.5. The van der Waals surface area contributed by atoms with Crippen LogP contribution in [0, 0.1) is 0 Å². The Morgan fingerprint density at radius 2 is 1.81 bits per heavy atom. The van der Waals surface area contributed by atoms with Gasteiger partial charge in [-0.2, -0.15) is 4.98 Å². The summed E-state index contributed by atoms with van der Waals surface area (Å²) < 4.78 is 7.62. The maximum Gasteiger partial charge on any atom is 0.242 e. The molecule has 0 unspecified atom stereocenters. The van der Waals surface area contributed by atoms with Crippen LogP contribution in [-0.4, -0.2) is 9.38 Å². The molecule has 0 amide bonds. The Balaban J connectivity index is 2.08. The Bertz CT molecular complexity index is 816. The Kier molecular flexibility index (Phi) is 4.18. The van der Waals surface area contributed by atoms with Gasteiger partial charge in [0.2, 0.25) is 5.88 Å². The van der Waals surface area contributed by atoms with Gasteiger partial charge in [0.15, 0.2) is 0 Å². The number of pyridine rings is 1. The standard InChI is InChI=1S/C14H8Cl4N2O/c15-7-11-14(19-13-3-1-2-4-20(11)13)21-12-6-9(17)8(16)5-10(12)18/h1-6H,7H2. The fourth-order valence-electron chi connectivity index (χ4n) is 1.91. The van der Waals surface area contributed by atoms with Gasteiger partial charge in [-0.05, 0) is 18.2 Å². The Labute approximate surface area is 141 Å². The number of aromatic nitrogens is 2. The lowest BCUT2D eigenvalue weighted by Gasteiger charge is -2.08. The van der Waals surface area contributed by atoms with E-state index in [1.54, 1.807) is 6.07 Å². The van der Waals surface area contributed by atoms with Crippen molar-refractivity contribution in [2.45, 2.75) is 5.88 Å². The molecule has 7 heteroatoms. The molecule has 0 spiro atoms. The van der Waals surface area contributed by atoms with Crippen molar-refractivity contribution in [1.82, 2.24) is 9.38 Å². The third-order valence-electron chi connectivity index (χ3n) is 2.90. The molecule has 21 heavy (non-hydrogen) atoms. The number of rotatable bonds is 3. The molecule has 0 aliphatic carbocycles. The van der Waals surface area contributed by atoms with Gasteiger partial charge in [0.1, 0.15) is 17.1 Å². The molecule has 3 rings (SSSR count). The van der Waals surface area contributed by atoms with E-state index in [0.29, 0.717) is 26.7 Å². The third-order valence-corrected chi connectivity index (χ3v) is 4.17. The van der Waals surface area contributed by atoms with Gasteiger partial charge in [-0.15, -0.1) is 11.6 Å². The monoisotopic (exact) mass is 360 g/mol. The summed E-state index contributed by atoms with van der Waals surface area (Å²) >= 11 is 24.0. The Morgan fingerprint density at radius 1 is 1.05 bits per heavy atom. The number of halogens is 4. The second-order valence-corrected chi connectivity index (χ2v) is 5.71. The average molecular weight is 362 g/mol. The minimum absolute atomic E-state index is 0.249. The molecule has 0 N–H and O–H groups in total. The van der Waals surface area contributed by atoms with E-state index in [0.717, 1.165) is 11.3 Å². The second kappa shape index (κ2) is 5.93. The topological polar surface area (TPSA) is 26.5 Å². The van der Waals surface area contributed by atoms with Crippen LogP contribution >= 0.6 is 46.4 Å². The highest BCUT2D eigenvalue weighted by atomic mass is 35.5. The molecular formula is C14H8Cl4N2O. The lowest BCUT2D eigenvalue weighted by Crippen LogP contribution is -1.92. The molecule has 0 radical (unpaired) electrons. The van der Waals surface area contributed by atoms with Gasteiger partial charge in [0.05, 0.1) is 20.9 Å². The third kappa shape index (κ3) is 2.79. The highest BCUT2D eigenvalue weighted by Gasteiger charge is 2.15. The van der Waals surface area contributed by atoms with Crippen LogP contribution in [0.2, 0.25) is 15.1 Å². The van der Waals surface area contributed by atoms with Gasteiger partial charge in [0, 0.05) is 12.3 Å². The molecule has 0 aliphatic rings. The summed E-state index contributed by atoms with van der Waals surface area (Å²) in [5, 5.41) is 1.07. The first kappa shape index (κ1) is 14.8. The SMILES string of the molecule is ClCc1c(Oc2cc(Cl)c(Cl)cc2Cl)nc2ccccn12. The van der Waals surface area contributed by atoms with E-state index >= 15 is 0 Å². The van der Waals surface area contributed by atoms with Crippen molar-refractivity contribution in [2.75, 3.05) is 0 Å². The van der Waals surface area contributed by atoms with Gasteiger partial charge in [-0.25, -0.2) is 0 Å². The molecule has 0 bridgehead atoms. The predicted octanol–water partition coefficient (Wildman–Crippen LogP) is 5.83. The fraction of sp³-hybridized carbons (Fsp3) is 0.0714. The van der Waals surface area contributed by atoms with Crippen molar-refractivity contribution in [2.24, 2.45) is 0 Å². The highest BCUT2D eigenvalue weighted by molar-refractivity contribution is 6.43. The van der Waals surface area contributed by atoms with E-state index in [1.807, 2.05) is 28.8 Å². The molecular weight excluding hydrogens is 354 g/mol. The smallest absolute Gasteiger partial charge is 0.242 e. The van der Waals surface area contributed by atoms with Crippen LogP contribution in [0.25, 0.3) is 5.65 Å². The maximum atomic E-state index is 6.11. The summed E-state index contributed by atoms with van der Waals surface area (Å²) in [7, 11) is 0. The first-order chi connectivity index (χ1) is 10.1. The van der Waals surface area contributed by atoms with E-state index in [2.05, 4.69) is 4.98 Å². The van der Waals surface area contributed by atoms with Crippen LogP contribution in [-0.2, 0) is 5.88 Å². The molecule has 108 valence electrons. The Morgan fingerprint density at radius 3 is 2.57 bits per heavy atom. The molecule has 0 aliphatic heterocycles. The average Bonchev–Trinajstić information content (AvgIpc) is 2.81. The molecule has 1 aromatic carbocycles. The normalized spacial score (nSPS) is 11.0. The summed E-state index contributed by atoms with van der Waals surface area (Å²) in [5.74, 6) is 1.01. The van der Waals surface area contributed by atoms with E-state index in [9.17, 15) is 0 Å². The fourth-order valence-corrected chi connectivity index (χ4v) is 2.73. The highest BCUT2D eigenvalue weighted by Crippen LogP contribution is 2.37. The summed E-state index contributed by atoms with van der Waals surface area (Å²) in [4.78, 5) is 4.39. The molecule has 2 heterocycles. The minimum Gasteiger partial charge on any atom is -0.436 e. The number of ether oxygens (including phenoxy) is 1. The lowest BCUT2D eigenvalue weighted by molar-refractivity contribution is 0.462. The van der Waals surface area contributed by atoms with E-state index < -0.39 is 0 Å². The van der Waals surface area contributed by atoms with Gasteiger partial charge >= 0.3 is 0 Å². The number of benzene rings is 1. The molecule has 3 aromatic rings. The lowest BCUT2D eigenvalue weighted by atomic mass is 10.3. The van der Waals surface area contributed by atoms with Crippen molar-refractivity contribution in [1.29, 1.82) is 0 Å². The van der Waals surface area contributed by atoms with Crippen molar-refractivity contribution in [3.63, 3.8) is 0 Å². The largest absolute Gasteiger partial charge is 0.436 e.